The fourth-order valence-corrected chi connectivity index (χ4v) is 2.12. The van der Waals surface area contributed by atoms with E-state index < -0.39 is 0 Å². The van der Waals surface area contributed by atoms with Crippen LogP contribution in [0.15, 0.2) is 22.7 Å². The zero-order chi connectivity index (χ0) is 11.8. The van der Waals surface area contributed by atoms with Gasteiger partial charge in [0.25, 0.3) is 0 Å². The number of benzene rings is 1. The predicted molar refractivity (Wildman–Crippen MR) is 75.9 cm³/mol. The molecule has 4 heteroatoms. The van der Waals surface area contributed by atoms with E-state index in [4.69, 9.17) is 18.0 Å². The Bertz CT molecular complexity index is 427. The second-order valence-electron chi connectivity index (χ2n) is 4.72. The van der Waals surface area contributed by atoms with Crippen molar-refractivity contribution in [3.63, 3.8) is 0 Å². The standard InChI is InChI=1S/C12H15BrN2S/c1-12(4-5-12)7-15-10-6-8(13)2-3-9(10)11(14)16/h2-3,6,15H,4-5,7H2,1H3,(H2,14,16). The highest BCUT2D eigenvalue weighted by Crippen LogP contribution is 2.44. The molecule has 0 saturated heterocycles. The molecule has 0 amide bonds. The van der Waals surface area contributed by atoms with Crippen molar-refractivity contribution in [2.75, 3.05) is 11.9 Å². The predicted octanol–water partition coefficient (Wildman–Crippen LogP) is 3.30. The minimum atomic E-state index is 0.441. The molecule has 0 heterocycles. The van der Waals surface area contributed by atoms with Gasteiger partial charge in [-0.3, -0.25) is 0 Å². The Hall–Kier alpha value is -0.610. The zero-order valence-corrected chi connectivity index (χ0v) is 11.6. The van der Waals surface area contributed by atoms with Crippen molar-refractivity contribution in [3.8, 4) is 0 Å². The number of hydrogen-bond donors (Lipinski definition) is 2. The molecule has 16 heavy (non-hydrogen) atoms. The molecular formula is C12H15BrN2S. The lowest BCUT2D eigenvalue weighted by Gasteiger charge is -2.15. The third-order valence-electron chi connectivity index (χ3n) is 3.06. The van der Waals surface area contributed by atoms with Gasteiger partial charge in [0, 0.05) is 22.3 Å². The molecule has 0 aliphatic heterocycles. The van der Waals surface area contributed by atoms with Crippen molar-refractivity contribution in [2.45, 2.75) is 19.8 Å². The molecule has 2 rings (SSSR count). The smallest absolute Gasteiger partial charge is 0.106 e. The molecule has 1 aromatic rings. The van der Waals surface area contributed by atoms with Gasteiger partial charge >= 0.3 is 0 Å². The van der Waals surface area contributed by atoms with Crippen LogP contribution in [0, 0.1) is 5.41 Å². The van der Waals surface area contributed by atoms with E-state index in [1.165, 1.54) is 12.8 Å². The largest absolute Gasteiger partial charge is 0.389 e. The minimum absolute atomic E-state index is 0.441. The lowest BCUT2D eigenvalue weighted by atomic mass is 10.1. The maximum atomic E-state index is 5.70. The van der Waals surface area contributed by atoms with E-state index in [0.29, 0.717) is 10.4 Å². The first kappa shape index (κ1) is 11.9. The number of thiocarbonyl (C=S) groups is 1. The number of halogens is 1. The van der Waals surface area contributed by atoms with E-state index in [-0.39, 0.29) is 0 Å². The molecule has 0 bridgehead atoms. The molecule has 86 valence electrons. The van der Waals surface area contributed by atoms with Crippen molar-refractivity contribution in [1.82, 2.24) is 0 Å². The van der Waals surface area contributed by atoms with Crippen LogP contribution in [-0.2, 0) is 0 Å². The second-order valence-corrected chi connectivity index (χ2v) is 6.07. The maximum absolute atomic E-state index is 5.70. The first-order valence-corrected chi connectivity index (χ1v) is 6.54. The number of nitrogens with two attached hydrogens (primary N) is 1. The molecule has 3 N–H and O–H groups in total. The van der Waals surface area contributed by atoms with Gasteiger partial charge in [0.15, 0.2) is 0 Å². The monoisotopic (exact) mass is 298 g/mol. The Morgan fingerprint density at radius 2 is 2.25 bits per heavy atom. The molecule has 1 saturated carbocycles. The Kier molecular flexibility index (Phi) is 3.22. The van der Waals surface area contributed by atoms with Gasteiger partial charge in [-0.25, -0.2) is 0 Å². The van der Waals surface area contributed by atoms with Crippen LogP contribution in [0.25, 0.3) is 0 Å². The van der Waals surface area contributed by atoms with E-state index in [1.54, 1.807) is 0 Å². The Balaban J connectivity index is 2.16. The summed E-state index contributed by atoms with van der Waals surface area (Å²) in [7, 11) is 0. The average molecular weight is 299 g/mol. The van der Waals surface area contributed by atoms with Crippen LogP contribution in [0.1, 0.15) is 25.3 Å². The number of nitrogens with one attached hydrogen (secondary N) is 1. The Morgan fingerprint density at radius 1 is 1.56 bits per heavy atom. The minimum Gasteiger partial charge on any atom is -0.389 e. The number of rotatable bonds is 4. The van der Waals surface area contributed by atoms with Gasteiger partial charge in [0.1, 0.15) is 4.99 Å². The summed E-state index contributed by atoms with van der Waals surface area (Å²) in [5, 5.41) is 3.44. The average Bonchev–Trinajstić information content (AvgIpc) is 2.94. The quantitative estimate of drug-likeness (QED) is 0.838. The molecule has 0 radical (unpaired) electrons. The van der Waals surface area contributed by atoms with Crippen LogP contribution >= 0.6 is 28.1 Å². The molecule has 1 aliphatic rings. The van der Waals surface area contributed by atoms with Gasteiger partial charge in [-0.05, 0) is 36.5 Å². The summed E-state index contributed by atoms with van der Waals surface area (Å²) in [6.07, 6.45) is 2.60. The second kappa shape index (κ2) is 4.34. The molecule has 1 fully saturated rings. The summed E-state index contributed by atoms with van der Waals surface area (Å²) in [5.41, 5.74) is 8.11. The van der Waals surface area contributed by atoms with Crippen molar-refractivity contribution < 1.29 is 0 Å². The van der Waals surface area contributed by atoms with E-state index >= 15 is 0 Å². The fourth-order valence-electron chi connectivity index (χ4n) is 1.58. The molecular weight excluding hydrogens is 284 g/mol. The molecule has 0 spiro atoms. The molecule has 1 aliphatic carbocycles. The SMILES string of the molecule is CC1(CNc2cc(Br)ccc2C(N)=S)CC1. The Morgan fingerprint density at radius 3 is 2.81 bits per heavy atom. The number of anilines is 1. The fraction of sp³-hybridized carbons (Fsp3) is 0.417. The van der Waals surface area contributed by atoms with Gasteiger partial charge in [-0.2, -0.15) is 0 Å². The highest BCUT2D eigenvalue weighted by molar-refractivity contribution is 9.10. The van der Waals surface area contributed by atoms with Gasteiger partial charge < -0.3 is 11.1 Å². The van der Waals surface area contributed by atoms with E-state index in [0.717, 1.165) is 22.3 Å². The van der Waals surface area contributed by atoms with Crippen LogP contribution in [0.2, 0.25) is 0 Å². The topological polar surface area (TPSA) is 38.0 Å². The molecule has 1 aromatic carbocycles. The van der Waals surface area contributed by atoms with Crippen LogP contribution in [0.4, 0.5) is 5.69 Å². The maximum Gasteiger partial charge on any atom is 0.106 e. The lowest BCUT2D eigenvalue weighted by molar-refractivity contribution is 0.610. The van der Waals surface area contributed by atoms with Crippen LogP contribution in [0.3, 0.4) is 0 Å². The van der Waals surface area contributed by atoms with E-state index in [2.05, 4.69) is 28.2 Å². The normalized spacial score (nSPS) is 16.9. The van der Waals surface area contributed by atoms with Crippen LogP contribution in [0.5, 0.6) is 0 Å². The van der Waals surface area contributed by atoms with E-state index in [9.17, 15) is 0 Å². The van der Waals surface area contributed by atoms with Gasteiger partial charge in [-0.15, -0.1) is 0 Å². The summed E-state index contributed by atoms with van der Waals surface area (Å²) in [4.78, 5) is 0.441. The van der Waals surface area contributed by atoms with Crippen LogP contribution < -0.4 is 11.1 Å². The molecule has 2 nitrogen and oxygen atoms in total. The van der Waals surface area contributed by atoms with Gasteiger partial charge in [0.05, 0.1) is 0 Å². The third kappa shape index (κ3) is 2.74. The van der Waals surface area contributed by atoms with Crippen molar-refractivity contribution in [3.05, 3.63) is 28.2 Å². The summed E-state index contributed by atoms with van der Waals surface area (Å²) in [6.45, 7) is 3.28. The summed E-state index contributed by atoms with van der Waals surface area (Å²) in [6, 6.07) is 5.93. The molecule has 0 aromatic heterocycles. The van der Waals surface area contributed by atoms with Crippen molar-refractivity contribution >= 4 is 38.8 Å². The number of hydrogen-bond acceptors (Lipinski definition) is 2. The zero-order valence-electron chi connectivity index (χ0n) is 9.22. The van der Waals surface area contributed by atoms with Crippen molar-refractivity contribution in [2.24, 2.45) is 11.1 Å². The van der Waals surface area contributed by atoms with E-state index in [1.807, 2.05) is 18.2 Å². The third-order valence-corrected chi connectivity index (χ3v) is 3.77. The molecule has 0 atom stereocenters. The molecule has 0 unspecified atom stereocenters. The Labute approximate surface area is 110 Å². The summed E-state index contributed by atoms with van der Waals surface area (Å²) in [5.74, 6) is 0. The first-order chi connectivity index (χ1) is 7.50. The highest BCUT2D eigenvalue weighted by atomic mass is 79.9. The lowest BCUT2D eigenvalue weighted by Crippen LogP contribution is -2.17. The van der Waals surface area contributed by atoms with Gasteiger partial charge in [0.2, 0.25) is 0 Å². The summed E-state index contributed by atoms with van der Waals surface area (Å²) < 4.78 is 1.04. The van der Waals surface area contributed by atoms with Crippen molar-refractivity contribution in [1.29, 1.82) is 0 Å². The van der Waals surface area contributed by atoms with Gasteiger partial charge in [-0.1, -0.05) is 35.1 Å². The summed E-state index contributed by atoms with van der Waals surface area (Å²) >= 11 is 8.50. The van der Waals surface area contributed by atoms with Crippen LogP contribution in [-0.4, -0.2) is 11.5 Å². The first-order valence-electron chi connectivity index (χ1n) is 5.33. The highest BCUT2D eigenvalue weighted by Gasteiger charge is 2.36.